The summed E-state index contributed by atoms with van der Waals surface area (Å²) in [5.74, 6) is 0.354. The second-order valence-electron chi connectivity index (χ2n) is 4.13. The molecule has 0 aliphatic heterocycles. The summed E-state index contributed by atoms with van der Waals surface area (Å²) in [6.07, 6.45) is 3.45. The molecule has 0 bridgehead atoms. The van der Waals surface area contributed by atoms with E-state index in [1.165, 1.54) is 0 Å². The maximum absolute atomic E-state index is 10.9. The molecule has 0 heterocycles. The van der Waals surface area contributed by atoms with Gasteiger partial charge in [0.25, 0.3) is 0 Å². The van der Waals surface area contributed by atoms with Gasteiger partial charge in [0.05, 0.1) is 11.7 Å². The van der Waals surface area contributed by atoms with Gasteiger partial charge in [0.15, 0.2) is 0 Å². The molecule has 0 aromatic heterocycles. The average Bonchev–Trinajstić information content (AvgIpc) is 2.35. The molecule has 1 atom stereocenters. The third-order valence-corrected chi connectivity index (χ3v) is 2.54. The summed E-state index contributed by atoms with van der Waals surface area (Å²) < 4.78 is 5.80. The summed E-state index contributed by atoms with van der Waals surface area (Å²) in [6.45, 7) is 6.27. The summed E-state index contributed by atoms with van der Waals surface area (Å²) in [7, 11) is 0. The van der Waals surface area contributed by atoms with E-state index in [9.17, 15) is 4.79 Å². The van der Waals surface area contributed by atoms with Crippen LogP contribution >= 0.6 is 0 Å². The molecule has 2 nitrogen and oxygen atoms in total. The van der Waals surface area contributed by atoms with Crippen LogP contribution in [0, 0.1) is 0 Å². The summed E-state index contributed by atoms with van der Waals surface area (Å²) in [5.41, 5.74) is -0.0602. The average molecular weight is 170 g/mol. The van der Waals surface area contributed by atoms with E-state index in [1.807, 2.05) is 0 Å². The molecular weight excluding hydrogens is 152 g/mol. The minimum Gasteiger partial charge on any atom is -0.372 e. The highest BCUT2D eigenvalue weighted by atomic mass is 16.5. The number of carbonyl (C=O) groups excluding carboxylic acids is 1. The normalized spacial score (nSPS) is 24.9. The van der Waals surface area contributed by atoms with E-state index in [-0.39, 0.29) is 11.7 Å². The van der Waals surface area contributed by atoms with E-state index < -0.39 is 0 Å². The van der Waals surface area contributed by atoms with Gasteiger partial charge in [-0.25, -0.2) is 0 Å². The third kappa shape index (κ3) is 2.59. The third-order valence-electron chi connectivity index (χ3n) is 2.54. The number of hydrogen-bond donors (Lipinski definition) is 0. The molecule has 0 saturated heterocycles. The van der Waals surface area contributed by atoms with Gasteiger partial charge in [-0.1, -0.05) is 6.92 Å². The first-order valence-corrected chi connectivity index (χ1v) is 4.73. The highest BCUT2D eigenvalue weighted by Crippen LogP contribution is 2.25. The molecular formula is C10H18O2. The summed E-state index contributed by atoms with van der Waals surface area (Å²) in [5, 5.41) is 0. The molecule has 1 rings (SSSR count). The molecule has 1 saturated carbocycles. The van der Waals surface area contributed by atoms with Gasteiger partial charge < -0.3 is 4.74 Å². The lowest BCUT2D eigenvalue weighted by molar-refractivity contribution is -0.119. The van der Waals surface area contributed by atoms with Crippen LogP contribution in [0.1, 0.15) is 46.5 Å². The molecule has 1 fully saturated rings. The fourth-order valence-electron chi connectivity index (χ4n) is 1.42. The van der Waals surface area contributed by atoms with Crippen molar-refractivity contribution in [1.82, 2.24) is 0 Å². The summed E-state index contributed by atoms with van der Waals surface area (Å²) in [4.78, 5) is 10.9. The highest BCUT2D eigenvalue weighted by Gasteiger charge is 2.28. The van der Waals surface area contributed by atoms with Gasteiger partial charge in [-0.05, 0) is 26.7 Å². The topological polar surface area (TPSA) is 26.3 Å². The molecule has 0 radical (unpaired) electrons. The van der Waals surface area contributed by atoms with Gasteiger partial charge >= 0.3 is 0 Å². The molecule has 12 heavy (non-hydrogen) atoms. The van der Waals surface area contributed by atoms with Crippen molar-refractivity contribution in [1.29, 1.82) is 0 Å². The lowest BCUT2D eigenvalue weighted by atomic mass is 10.1. The van der Waals surface area contributed by atoms with Crippen LogP contribution in [0.25, 0.3) is 0 Å². The van der Waals surface area contributed by atoms with E-state index >= 15 is 0 Å². The molecule has 0 aromatic rings. The zero-order valence-electron chi connectivity index (χ0n) is 8.22. The Morgan fingerprint density at radius 1 is 1.58 bits per heavy atom. The fourth-order valence-corrected chi connectivity index (χ4v) is 1.42. The van der Waals surface area contributed by atoms with E-state index in [4.69, 9.17) is 4.74 Å². The van der Waals surface area contributed by atoms with Crippen molar-refractivity contribution in [3.63, 3.8) is 0 Å². The second kappa shape index (κ2) is 3.56. The Labute approximate surface area is 74.3 Å². The van der Waals surface area contributed by atoms with Gasteiger partial charge in [0.2, 0.25) is 0 Å². The molecule has 70 valence electrons. The lowest BCUT2D eigenvalue weighted by Crippen LogP contribution is -2.28. The van der Waals surface area contributed by atoms with Crippen molar-refractivity contribution in [2.75, 3.05) is 0 Å². The van der Waals surface area contributed by atoms with Gasteiger partial charge in [-0.15, -0.1) is 0 Å². The molecule has 1 aliphatic rings. The Hall–Kier alpha value is -0.370. The molecule has 0 spiro atoms. The first-order chi connectivity index (χ1) is 5.53. The molecule has 0 N–H and O–H groups in total. The maximum atomic E-state index is 10.9. The van der Waals surface area contributed by atoms with Crippen molar-refractivity contribution in [3.8, 4) is 0 Å². The van der Waals surface area contributed by atoms with Crippen LogP contribution in [0.3, 0.4) is 0 Å². The summed E-state index contributed by atoms with van der Waals surface area (Å²) in [6, 6.07) is 0. The van der Waals surface area contributed by atoms with Crippen LogP contribution in [0.5, 0.6) is 0 Å². The quantitative estimate of drug-likeness (QED) is 0.649. The second-order valence-corrected chi connectivity index (χ2v) is 4.13. The Morgan fingerprint density at radius 2 is 2.25 bits per heavy atom. The van der Waals surface area contributed by atoms with Gasteiger partial charge in [-0.3, -0.25) is 4.79 Å². The van der Waals surface area contributed by atoms with E-state index in [1.54, 1.807) is 0 Å². The fraction of sp³-hybridized carbons (Fsp3) is 0.900. The number of carbonyl (C=O) groups is 1. The van der Waals surface area contributed by atoms with Crippen LogP contribution in [0.2, 0.25) is 0 Å². The van der Waals surface area contributed by atoms with Crippen LogP contribution < -0.4 is 0 Å². The van der Waals surface area contributed by atoms with Crippen molar-refractivity contribution < 1.29 is 9.53 Å². The first kappa shape index (κ1) is 9.72. The Bertz CT molecular complexity index is 173. The van der Waals surface area contributed by atoms with Crippen LogP contribution in [0.15, 0.2) is 0 Å². The monoisotopic (exact) mass is 170 g/mol. The molecule has 0 amide bonds. The van der Waals surface area contributed by atoms with Crippen molar-refractivity contribution in [3.05, 3.63) is 0 Å². The van der Waals surface area contributed by atoms with Crippen molar-refractivity contribution in [2.45, 2.75) is 58.2 Å². The molecule has 0 aromatic carbocycles. The molecule has 1 unspecified atom stereocenters. The number of ether oxygens (including phenoxy) is 1. The SMILES string of the molecule is CCC(C)(C)OC1CCC(=O)C1. The van der Waals surface area contributed by atoms with Crippen LogP contribution in [-0.4, -0.2) is 17.5 Å². The molecule has 2 heteroatoms. The standard InChI is InChI=1S/C10H18O2/c1-4-10(2,3)12-9-6-5-8(11)7-9/h9H,4-7H2,1-3H3. The van der Waals surface area contributed by atoms with Gasteiger partial charge in [0, 0.05) is 12.8 Å². The van der Waals surface area contributed by atoms with Crippen LogP contribution in [-0.2, 0) is 9.53 Å². The Balaban J connectivity index is 2.36. The highest BCUT2D eigenvalue weighted by molar-refractivity contribution is 5.81. The van der Waals surface area contributed by atoms with Gasteiger partial charge in [-0.2, -0.15) is 0 Å². The number of Topliss-reactive ketones (excluding diaryl/α,β-unsaturated/α-hetero) is 1. The zero-order chi connectivity index (χ0) is 9.19. The zero-order valence-corrected chi connectivity index (χ0v) is 8.22. The molecule has 1 aliphatic carbocycles. The van der Waals surface area contributed by atoms with Crippen molar-refractivity contribution >= 4 is 5.78 Å². The Kier molecular flexibility index (Phi) is 2.89. The predicted molar refractivity (Wildman–Crippen MR) is 48.1 cm³/mol. The largest absolute Gasteiger partial charge is 0.372 e. The van der Waals surface area contributed by atoms with E-state index in [2.05, 4.69) is 20.8 Å². The Morgan fingerprint density at radius 3 is 2.67 bits per heavy atom. The smallest absolute Gasteiger partial charge is 0.135 e. The number of hydrogen-bond acceptors (Lipinski definition) is 2. The van der Waals surface area contributed by atoms with Gasteiger partial charge in [0.1, 0.15) is 5.78 Å². The van der Waals surface area contributed by atoms with Crippen molar-refractivity contribution in [2.24, 2.45) is 0 Å². The minimum absolute atomic E-state index is 0.0602. The maximum Gasteiger partial charge on any atom is 0.135 e. The number of rotatable bonds is 3. The predicted octanol–water partition coefficient (Wildman–Crippen LogP) is 2.31. The summed E-state index contributed by atoms with van der Waals surface area (Å²) >= 11 is 0. The minimum atomic E-state index is -0.0602. The first-order valence-electron chi connectivity index (χ1n) is 4.73. The van der Waals surface area contributed by atoms with Crippen LogP contribution in [0.4, 0.5) is 0 Å². The van der Waals surface area contributed by atoms with E-state index in [0.717, 1.165) is 12.8 Å². The number of ketones is 1. The lowest BCUT2D eigenvalue weighted by Gasteiger charge is -2.27. The van der Waals surface area contributed by atoms with E-state index in [0.29, 0.717) is 18.6 Å².